The highest BCUT2D eigenvalue weighted by atomic mass is 32.1. The van der Waals surface area contributed by atoms with Crippen LogP contribution in [-0.4, -0.2) is 35.4 Å². The molecular weight excluding hydrogens is 379 g/mol. The molecule has 3 rings (SSSR count). The molecule has 0 N–H and O–H groups in total. The van der Waals surface area contributed by atoms with E-state index in [1.807, 2.05) is 31.2 Å². The topological polar surface area (TPSA) is 59.5 Å². The van der Waals surface area contributed by atoms with Crippen LogP contribution in [0.4, 0.5) is 4.39 Å². The fourth-order valence-electron chi connectivity index (χ4n) is 2.70. The minimum Gasteiger partial charge on any atom is -0.456 e. The molecule has 0 saturated heterocycles. The number of fused-ring (bicyclic) bond motifs is 1. The number of rotatable bonds is 7. The SMILES string of the molecule is C[C@H](c1nc2ccccc2s1)N(C)C(=O)COC(=O)CCc1ccccc1F. The molecule has 0 fully saturated rings. The highest BCUT2D eigenvalue weighted by Gasteiger charge is 2.21. The maximum Gasteiger partial charge on any atom is 0.306 e. The number of halogens is 1. The molecule has 1 atom stereocenters. The van der Waals surface area contributed by atoms with Gasteiger partial charge >= 0.3 is 5.97 Å². The second-order valence-electron chi connectivity index (χ2n) is 6.45. The molecule has 0 bridgehead atoms. The monoisotopic (exact) mass is 400 g/mol. The molecule has 0 aliphatic carbocycles. The summed E-state index contributed by atoms with van der Waals surface area (Å²) in [6.07, 6.45) is 0.253. The minimum absolute atomic E-state index is 0.0192. The van der Waals surface area contributed by atoms with Gasteiger partial charge in [0.2, 0.25) is 0 Å². The third kappa shape index (κ3) is 4.72. The van der Waals surface area contributed by atoms with Gasteiger partial charge in [0, 0.05) is 13.5 Å². The minimum atomic E-state index is -0.530. The van der Waals surface area contributed by atoms with Crippen molar-refractivity contribution in [1.29, 1.82) is 0 Å². The number of carbonyl (C=O) groups excluding carboxylic acids is 2. The Morgan fingerprint density at radius 3 is 2.64 bits per heavy atom. The van der Waals surface area contributed by atoms with Crippen molar-refractivity contribution in [1.82, 2.24) is 9.88 Å². The van der Waals surface area contributed by atoms with Gasteiger partial charge in [-0.25, -0.2) is 9.37 Å². The van der Waals surface area contributed by atoms with Gasteiger partial charge in [0.25, 0.3) is 5.91 Å². The van der Waals surface area contributed by atoms with Crippen molar-refractivity contribution in [2.24, 2.45) is 0 Å². The van der Waals surface area contributed by atoms with Crippen LogP contribution >= 0.6 is 11.3 Å². The third-order valence-corrected chi connectivity index (χ3v) is 5.76. The molecular formula is C21H21FN2O3S. The van der Waals surface area contributed by atoms with E-state index in [2.05, 4.69) is 4.98 Å². The number of nitrogens with zero attached hydrogens (tertiary/aromatic N) is 2. The fraction of sp³-hybridized carbons (Fsp3) is 0.286. The van der Waals surface area contributed by atoms with Crippen molar-refractivity contribution in [3.63, 3.8) is 0 Å². The number of likely N-dealkylation sites (N-methyl/N-ethyl adjacent to an activating group) is 1. The zero-order valence-electron chi connectivity index (χ0n) is 15.7. The van der Waals surface area contributed by atoms with Crippen molar-refractivity contribution in [2.45, 2.75) is 25.8 Å². The van der Waals surface area contributed by atoms with Gasteiger partial charge in [0.05, 0.1) is 16.3 Å². The number of benzene rings is 2. The molecule has 0 unspecified atom stereocenters. The standard InChI is InChI=1S/C21H21FN2O3S/c1-14(21-23-17-9-5-6-10-18(17)28-21)24(2)19(25)13-27-20(26)12-11-15-7-3-4-8-16(15)22/h3-10,14H,11-13H2,1-2H3/t14-/m1/s1. The zero-order chi connectivity index (χ0) is 20.1. The predicted molar refractivity (Wildman–Crippen MR) is 106 cm³/mol. The molecule has 0 aliphatic rings. The number of amides is 1. The number of hydrogen-bond donors (Lipinski definition) is 0. The average Bonchev–Trinajstić information content (AvgIpc) is 3.14. The van der Waals surface area contributed by atoms with E-state index < -0.39 is 5.97 Å². The lowest BCUT2D eigenvalue weighted by Gasteiger charge is -2.23. The summed E-state index contributed by atoms with van der Waals surface area (Å²) < 4.78 is 19.7. The lowest BCUT2D eigenvalue weighted by Crippen LogP contribution is -2.33. The summed E-state index contributed by atoms with van der Waals surface area (Å²) in [6, 6.07) is 13.8. The van der Waals surface area contributed by atoms with Crippen LogP contribution in [0.15, 0.2) is 48.5 Å². The lowest BCUT2D eigenvalue weighted by molar-refractivity contribution is -0.152. The van der Waals surface area contributed by atoms with Crippen molar-refractivity contribution in [2.75, 3.05) is 13.7 Å². The van der Waals surface area contributed by atoms with Crippen LogP contribution in [0, 0.1) is 5.82 Å². The van der Waals surface area contributed by atoms with Gasteiger partial charge in [-0.15, -0.1) is 11.3 Å². The van der Waals surface area contributed by atoms with Crippen LogP contribution in [0.25, 0.3) is 10.2 Å². The summed E-state index contributed by atoms with van der Waals surface area (Å²) in [4.78, 5) is 30.3. The number of thiazole rings is 1. The molecule has 5 nitrogen and oxygen atoms in total. The first-order valence-corrected chi connectivity index (χ1v) is 9.77. The average molecular weight is 400 g/mol. The Balaban J connectivity index is 1.50. The maximum absolute atomic E-state index is 13.6. The molecule has 0 saturated carbocycles. The molecule has 146 valence electrons. The first kappa shape index (κ1) is 19.9. The smallest absolute Gasteiger partial charge is 0.306 e. The maximum atomic E-state index is 13.6. The largest absolute Gasteiger partial charge is 0.456 e. The van der Waals surface area contributed by atoms with E-state index in [0.29, 0.717) is 5.56 Å². The van der Waals surface area contributed by atoms with Crippen LogP contribution in [-0.2, 0) is 20.7 Å². The van der Waals surface area contributed by atoms with Crippen LogP contribution in [0.3, 0.4) is 0 Å². The first-order valence-electron chi connectivity index (χ1n) is 8.96. The van der Waals surface area contributed by atoms with E-state index in [1.165, 1.54) is 22.3 Å². The zero-order valence-corrected chi connectivity index (χ0v) is 16.5. The molecule has 0 aliphatic heterocycles. The van der Waals surface area contributed by atoms with Crippen LogP contribution in [0.2, 0.25) is 0 Å². The number of ether oxygens (including phenoxy) is 1. The predicted octanol–water partition coefficient (Wildman–Crippen LogP) is 4.13. The lowest BCUT2D eigenvalue weighted by atomic mass is 10.1. The summed E-state index contributed by atoms with van der Waals surface area (Å²) in [7, 11) is 1.66. The fourth-order valence-corrected chi connectivity index (χ4v) is 3.77. The molecule has 0 spiro atoms. The number of hydrogen-bond acceptors (Lipinski definition) is 5. The van der Waals surface area contributed by atoms with E-state index in [1.54, 1.807) is 25.2 Å². The molecule has 7 heteroatoms. The number of esters is 1. The number of para-hydroxylation sites is 1. The summed E-state index contributed by atoms with van der Waals surface area (Å²) in [5.74, 6) is -1.19. The van der Waals surface area contributed by atoms with Crippen molar-refractivity contribution >= 4 is 33.4 Å². The van der Waals surface area contributed by atoms with E-state index in [0.717, 1.165) is 15.2 Å². The summed E-state index contributed by atoms with van der Waals surface area (Å²) >= 11 is 1.53. The Kier molecular flexibility index (Phi) is 6.36. The Hall–Kier alpha value is -2.80. The quantitative estimate of drug-likeness (QED) is 0.560. The third-order valence-electron chi connectivity index (χ3n) is 4.56. The Labute approximate surface area is 166 Å². The van der Waals surface area contributed by atoms with Gasteiger partial charge < -0.3 is 9.64 Å². The van der Waals surface area contributed by atoms with Gasteiger partial charge in [-0.3, -0.25) is 9.59 Å². The normalized spacial score (nSPS) is 12.0. The van der Waals surface area contributed by atoms with Crippen LogP contribution in [0.1, 0.15) is 30.0 Å². The summed E-state index contributed by atoms with van der Waals surface area (Å²) in [5, 5.41) is 0.822. The number of carbonyl (C=O) groups is 2. The number of aryl methyl sites for hydroxylation is 1. The van der Waals surface area contributed by atoms with Gasteiger partial charge in [-0.1, -0.05) is 30.3 Å². The second kappa shape index (κ2) is 8.93. The van der Waals surface area contributed by atoms with E-state index in [-0.39, 0.29) is 37.2 Å². The van der Waals surface area contributed by atoms with E-state index >= 15 is 0 Å². The Morgan fingerprint density at radius 1 is 1.18 bits per heavy atom. The molecule has 1 aromatic heterocycles. The molecule has 1 heterocycles. The van der Waals surface area contributed by atoms with Gasteiger partial charge in [0.1, 0.15) is 10.8 Å². The molecule has 28 heavy (non-hydrogen) atoms. The Bertz CT molecular complexity index is 955. The van der Waals surface area contributed by atoms with E-state index in [9.17, 15) is 14.0 Å². The first-order chi connectivity index (χ1) is 13.5. The van der Waals surface area contributed by atoms with Crippen LogP contribution < -0.4 is 0 Å². The van der Waals surface area contributed by atoms with Crippen LogP contribution in [0.5, 0.6) is 0 Å². The number of aromatic nitrogens is 1. The van der Waals surface area contributed by atoms with Crippen molar-refractivity contribution in [3.8, 4) is 0 Å². The second-order valence-corrected chi connectivity index (χ2v) is 7.51. The van der Waals surface area contributed by atoms with Crippen molar-refractivity contribution < 1.29 is 18.7 Å². The molecule has 0 radical (unpaired) electrons. The van der Waals surface area contributed by atoms with Gasteiger partial charge in [-0.2, -0.15) is 0 Å². The molecule has 2 aromatic carbocycles. The van der Waals surface area contributed by atoms with Crippen molar-refractivity contribution in [3.05, 3.63) is 64.9 Å². The molecule has 1 amide bonds. The van der Waals surface area contributed by atoms with Gasteiger partial charge in [0.15, 0.2) is 6.61 Å². The summed E-state index contributed by atoms with van der Waals surface area (Å²) in [6.45, 7) is 1.54. The summed E-state index contributed by atoms with van der Waals surface area (Å²) in [5.41, 5.74) is 1.35. The highest BCUT2D eigenvalue weighted by molar-refractivity contribution is 7.18. The highest BCUT2D eigenvalue weighted by Crippen LogP contribution is 2.28. The van der Waals surface area contributed by atoms with Gasteiger partial charge in [-0.05, 0) is 37.1 Å². The van der Waals surface area contributed by atoms with E-state index in [4.69, 9.17) is 4.74 Å². The Morgan fingerprint density at radius 2 is 1.89 bits per heavy atom. The molecule has 3 aromatic rings.